The summed E-state index contributed by atoms with van der Waals surface area (Å²) in [6, 6.07) is 9.09. The van der Waals surface area contributed by atoms with E-state index in [1.54, 1.807) is 0 Å². The van der Waals surface area contributed by atoms with E-state index >= 15 is 0 Å². The van der Waals surface area contributed by atoms with E-state index in [1.807, 2.05) is 7.05 Å². The van der Waals surface area contributed by atoms with Crippen LogP contribution < -0.4 is 15.5 Å². The van der Waals surface area contributed by atoms with Gasteiger partial charge in [0.1, 0.15) is 0 Å². The molecule has 1 atom stereocenters. The van der Waals surface area contributed by atoms with Gasteiger partial charge in [-0.05, 0) is 30.5 Å². The Morgan fingerprint density at radius 2 is 1.95 bits per heavy atom. The summed E-state index contributed by atoms with van der Waals surface area (Å²) in [4.78, 5) is 6.66. The van der Waals surface area contributed by atoms with Crippen LogP contribution in [-0.2, 0) is 6.54 Å². The van der Waals surface area contributed by atoms with Gasteiger partial charge in [-0.25, -0.2) is 0 Å². The fourth-order valence-corrected chi connectivity index (χ4v) is 2.31. The molecule has 1 aliphatic heterocycles. The van der Waals surface area contributed by atoms with E-state index in [9.17, 15) is 0 Å². The third-order valence-electron chi connectivity index (χ3n) is 4.14. The zero-order valence-corrected chi connectivity index (χ0v) is 14.1. The molecule has 22 heavy (non-hydrogen) atoms. The molecule has 0 saturated carbocycles. The Hall–Kier alpha value is -1.97. The Bertz CT molecular complexity index is 526. The van der Waals surface area contributed by atoms with Crippen molar-refractivity contribution in [2.45, 2.75) is 33.4 Å². The van der Waals surface area contributed by atoms with Crippen LogP contribution >= 0.6 is 0 Å². The Balaban J connectivity index is 1.91. The van der Waals surface area contributed by atoms with Gasteiger partial charge in [0, 0.05) is 38.4 Å². The quantitative estimate of drug-likeness (QED) is 0.499. The standard InChI is InChI=1S/C18H28N4/c1-14(2)15(3)21-18(19-4)20-13-16-8-7-9-17(12-16)22-10-5-6-11-22/h5-9,12,14-15H,10-11,13H2,1-4H3,(H2,19,20,21). The summed E-state index contributed by atoms with van der Waals surface area (Å²) in [5.41, 5.74) is 2.55. The summed E-state index contributed by atoms with van der Waals surface area (Å²) < 4.78 is 0. The van der Waals surface area contributed by atoms with Crippen LogP contribution in [0.4, 0.5) is 5.69 Å². The smallest absolute Gasteiger partial charge is 0.191 e. The number of hydrogen-bond acceptors (Lipinski definition) is 2. The lowest BCUT2D eigenvalue weighted by molar-refractivity contribution is 0.481. The number of benzene rings is 1. The molecule has 4 heteroatoms. The number of aliphatic imine (C=N–C) groups is 1. The van der Waals surface area contributed by atoms with E-state index in [4.69, 9.17) is 0 Å². The Kier molecular flexibility index (Phi) is 5.87. The second kappa shape index (κ2) is 7.87. The minimum absolute atomic E-state index is 0.396. The average Bonchev–Trinajstić information content (AvgIpc) is 3.05. The molecule has 2 rings (SSSR count). The molecule has 4 nitrogen and oxygen atoms in total. The van der Waals surface area contributed by atoms with Crippen molar-refractivity contribution in [3.63, 3.8) is 0 Å². The maximum absolute atomic E-state index is 4.30. The molecule has 1 aliphatic rings. The Labute approximate surface area is 134 Å². The SMILES string of the molecule is CN=C(NCc1cccc(N2CC=CC2)c1)NC(C)C(C)C. The molecule has 0 saturated heterocycles. The number of guanidine groups is 1. The Morgan fingerprint density at radius 3 is 2.59 bits per heavy atom. The fraction of sp³-hybridized carbons (Fsp3) is 0.500. The highest BCUT2D eigenvalue weighted by molar-refractivity contribution is 5.79. The van der Waals surface area contributed by atoms with Crippen LogP contribution in [-0.4, -0.2) is 32.1 Å². The normalized spacial score (nSPS) is 16.2. The van der Waals surface area contributed by atoms with Gasteiger partial charge in [0.25, 0.3) is 0 Å². The van der Waals surface area contributed by atoms with Crippen LogP contribution in [0.3, 0.4) is 0 Å². The van der Waals surface area contributed by atoms with Gasteiger partial charge < -0.3 is 15.5 Å². The van der Waals surface area contributed by atoms with Gasteiger partial charge >= 0.3 is 0 Å². The number of rotatable bonds is 5. The van der Waals surface area contributed by atoms with Crippen molar-refractivity contribution in [3.8, 4) is 0 Å². The molecule has 2 N–H and O–H groups in total. The summed E-state index contributed by atoms with van der Waals surface area (Å²) in [6.07, 6.45) is 4.42. The predicted molar refractivity (Wildman–Crippen MR) is 95.4 cm³/mol. The largest absolute Gasteiger partial charge is 0.364 e. The summed E-state index contributed by atoms with van der Waals surface area (Å²) in [6.45, 7) is 9.38. The zero-order valence-electron chi connectivity index (χ0n) is 14.1. The highest BCUT2D eigenvalue weighted by Crippen LogP contribution is 2.18. The Morgan fingerprint density at radius 1 is 1.23 bits per heavy atom. The van der Waals surface area contributed by atoms with E-state index in [1.165, 1.54) is 11.3 Å². The molecule has 1 unspecified atom stereocenters. The molecule has 0 radical (unpaired) electrons. The van der Waals surface area contributed by atoms with Crippen molar-refractivity contribution < 1.29 is 0 Å². The van der Waals surface area contributed by atoms with Crippen LogP contribution in [0.15, 0.2) is 41.4 Å². The highest BCUT2D eigenvalue weighted by atomic mass is 15.2. The first-order chi connectivity index (χ1) is 10.6. The lowest BCUT2D eigenvalue weighted by atomic mass is 10.1. The van der Waals surface area contributed by atoms with Crippen molar-refractivity contribution in [3.05, 3.63) is 42.0 Å². The lowest BCUT2D eigenvalue weighted by Crippen LogP contribution is -2.43. The van der Waals surface area contributed by atoms with Gasteiger partial charge in [-0.2, -0.15) is 0 Å². The van der Waals surface area contributed by atoms with Gasteiger partial charge in [-0.15, -0.1) is 0 Å². The highest BCUT2D eigenvalue weighted by Gasteiger charge is 2.10. The first-order valence-electron chi connectivity index (χ1n) is 8.06. The molecule has 1 aromatic rings. The predicted octanol–water partition coefficient (Wildman–Crippen LogP) is 2.77. The van der Waals surface area contributed by atoms with Crippen LogP contribution in [0.1, 0.15) is 26.3 Å². The van der Waals surface area contributed by atoms with E-state index in [-0.39, 0.29) is 0 Å². The monoisotopic (exact) mass is 300 g/mol. The summed E-state index contributed by atoms with van der Waals surface area (Å²) >= 11 is 0. The number of anilines is 1. The second-order valence-electron chi connectivity index (χ2n) is 6.15. The van der Waals surface area contributed by atoms with Crippen molar-refractivity contribution in [1.82, 2.24) is 10.6 Å². The van der Waals surface area contributed by atoms with E-state index < -0.39 is 0 Å². The van der Waals surface area contributed by atoms with Crippen molar-refractivity contribution in [2.24, 2.45) is 10.9 Å². The second-order valence-corrected chi connectivity index (χ2v) is 6.15. The van der Waals surface area contributed by atoms with Gasteiger partial charge in [0.2, 0.25) is 0 Å². The number of hydrogen-bond donors (Lipinski definition) is 2. The van der Waals surface area contributed by atoms with Crippen LogP contribution in [0.5, 0.6) is 0 Å². The first kappa shape index (κ1) is 16.4. The minimum Gasteiger partial charge on any atom is -0.364 e. The molecule has 0 amide bonds. The average molecular weight is 300 g/mol. The summed E-state index contributed by atoms with van der Waals surface area (Å²) in [7, 11) is 1.81. The molecule has 1 heterocycles. The number of nitrogens with zero attached hydrogens (tertiary/aromatic N) is 2. The molecular weight excluding hydrogens is 272 g/mol. The van der Waals surface area contributed by atoms with Gasteiger partial charge in [0.15, 0.2) is 5.96 Å². The van der Waals surface area contributed by atoms with Crippen molar-refractivity contribution >= 4 is 11.6 Å². The first-order valence-corrected chi connectivity index (χ1v) is 8.06. The molecule has 120 valence electrons. The van der Waals surface area contributed by atoms with E-state index in [2.05, 4.69) is 77.7 Å². The van der Waals surface area contributed by atoms with Gasteiger partial charge in [-0.1, -0.05) is 38.1 Å². The van der Waals surface area contributed by atoms with Crippen molar-refractivity contribution in [1.29, 1.82) is 0 Å². The molecule has 1 aromatic carbocycles. The molecule has 0 aromatic heterocycles. The molecule has 0 aliphatic carbocycles. The van der Waals surface area contributed by atoms with Crippen LogP contribution in [0.25, 0.3) is 0 Å². The third kappa shape index (κ3) is 4.52. The molecular formula is C18H28N4. The molecule has 0 spiro atoms. The lowest BCUT2D eigenvalue weighted by Gasteiger charge is -2.21. The maximum Gasteiger partial charge on any atom is 0.191 e. The zero-order chi connectivity index (χ0) is 15.9. The third-order valence-corrected chi connectivity index (χ3v) is 4.14. The maximum atomic E-state index is 4.30. The van der Waals surface area contributed by atoms with Crippen LogP contribution in [0, 0.1) is 5.92 Å². The van der Waals surface area contributed by atoms with Crippen LogP contribution in [0.2, 0.25) is 0 Å². The van der Waals surface area contributed by atoms with Gasteiger partial charge in [0.05, 0.1) is 0 Å². The van der Waals surface area contributed by atoms with E-state index in [0.717, 1.165) is 25.6 Å². The topological polar surface area (TPSA) is 39.7 Å². The van der Waals surface area contributed by atoms with Crippen molar-refractivity contribution in [2.75, 3.05) is 25.0 Å². The summed E-state index contributed by atoms with van der Waals surface area (Å²) in [5, 5.41) is 6.82. The van der Waals surface area contributed by atoms with E-state index in [0.29, 0.717) is 12.0 Å². The minimum atomic E-state index is 0.396. The molecule has 0 fully saturated rings. The van der Waals surface area contributed by atoms with Gasteiger partial charge in [-0.3, -0.25) is 4.99 Å². The fourth-order valence-electron chi connectivity index (χ4n) is 2.31. The number of nitrogens with one attached hydrogen (secondary N) is 2. The molecule has 0 bridgehead atoms. The summed E-state index contributed by atoms with van der Waals surface area (Å²) in [5.74, 6) is 1.43.